The van der Waals surface area contributed by atoms with Crippen molar-refractivity contribution >= 4 is 11.9 Å². The molecule has 110 valence electrons. The monoisotopic (exact) mass is 282 g/mol. The molecular formula is C13H18N2O5. The zero-order chi connectivity index (χ0) is 15.3. The van der Waals surface area contributed by atoms with Gasteiger partial charge in [0, 0.05) is 19.2 Å². The maximum absolute atomic E-state index is 12.2. The lowest BCUT2D eigenvalue weighted by Gasteiger charge is -2.23. The molecule has 0 fully saturated rings. The number of carboxylic acids is 1. The van der Waals surface area contributed by atoms with E-state index in [0.29, 0.717) is 6.54 Å². The number of hydrogen-bond donors (Lipinski definition) is 3. The van der Waals surface area contributed by atoms with E-state index in [1.54, 1.807) is 14.1 Å². The van der Waals surface area contributed by atoms with E-state index in [0.717, 1.165) is 11.0 Å². The number of aliphatic carboxylic acids is 1. The van der Waals surface area contributed by atoms with Crippen molar-refractivity contribution in [3.8, 4) is 11.5 Å². The summed E-state index contributed by atoms with van der Waals surface area (Å²) in [7, 11) is 3.61. The van der Waals surface area contributed by atoms with Crippen LogP contribution in [0.4, 0.5) is 0 Å². The largest absolute Gasteiger partial charge is 0.508 e. The van der Waals surface area contributed by atoms with Crippen molar-refractivity contribution in [2.24, 2.45) is 0 Å². The highest BCUT2D eigenvalue weighted by Crippen LogP contribution is 2.23. The Labute approximate surface area is 116 Å². The van der Waals surface area contributed by atoms with E-state index in [2.05, 4.69) is 0 Å². The standard InChI is InChI=1S/C13H18N2O5/c1-14(2)5-6-15(8-12(18)19)13(20)10-4-3-9(16)7-11(10)17/h3-4,7,16-17H,5-6,8H2,1-2H3,(H,18,19). The third-order valence-corrected chi connectivity index (χ3v) is 2.64. The number of carboxylic acid groups (broad SMARTS) is 1. The minimum Gasteiger partial charge on any atom is -0.508 e. The fourth-order valence-electron chi connectivity index (χ4n) is 1.61. The fourth-order valence-corrected chi connectivity index (χ4v) is 1.61. The molecule has 0 aliphatic rings. The van der Waals surface area contributed by atoms with Crippen LogP contribution in [0.5, 0.6) is 11.5 Å². The van der Waals surface area contributed by atoms with Crippen LogP contribution >= 0.6 is 0 Å². The Morgan fingerprint density at radius 2 is 1.80 bits per heavy atom. The zero-order valence-electron chi connectivity index (χ0n) is 11.4. The number of carbonyl (C=O) groups excluding carboxylic acids is 1. The first-order chi connectivity index (χ1) is 9.31. The maximum atomic E-state index is 12.2. The van der Waals surface area contributed by atoms with Gasteiger partial charge in [0.25, 0.3) is 5.91 Å². The van der Waals surface area contributed by atoms with Crippen LogP contribution in [0.2, 0.25) is 0 Å². The van der Waals surface area contributed by atoms with Crippen molar-refractivity contribution < 1.29 is 24.9 Å². The number of benzene rings is 1. The van der Waals surface area contributed by atoms with Gasteiger partial charge in [-0.2, -0.15) is 0 Å². The Morgan fingerprint density at radius 1 is 1.15 bits per heavy atom. The van der Waals surface area contributed by atoms with Gasteiger partial charge in [0.05, 0.1) is 5.56 Å². The number of amides is 1. The summed E-state index contributed by atoms with van der Waals surface area (Å²) in [6, 6.07) is 3.56. The van der Waals surface area contributed by atoms with Gasteiger partial charge in [-0.1, -0.05) is 0 Å². The summed E-state index contributed by atoms with van der Waals surface area (Å²) in [5.74, 6) is -2.27. The Bertz CT molecular complexity index is 502. The molecule has 1 aromatic rings. The van der Waals surface area contributed by atoms with Gasteiger partial charge >= 0.3 is 5.97 Å². The molecule has 3 N–H and O–H groups in total. The summed E-state index contributed by atoms with van der Waals surface area (Å²) in [6.45, 7) is 0.267. The molecular weight excluding hydrogens is 264 g/mol. The minimum atomic E-state index is -1.13. The molecule has 1 amide bonds. The summed E-state index contributed by atoms with van der Waals surface area (Å²) in [5.41, 5.74) is -0.0391. The van der Waals surface area contributed by atoms with Crippen molar-refractivity contribution in [2.45, 2.75) is 0 Å². The number of likely N-dealkylation sites (N-methyl/N-ethyl adjacent to an activating group) is 1. The lowest BCUT2D eigenvalue weighted by Crippen LogP contribution is -2.40. The molecule has 1 aromatic carbocycles. The van der Waals surface area contributed by atoms with E-state index in [9.17, 15) is 19.8 Å². The van der Waals surface area contributed by atoms with Crippen LogP contribution in [0, 0.1) is 0 Å². The molecule has 1 rings (SSSR count). The van der Waals surface area contributed by atoms with Gasteiger partial charge in [-0.25, -0.2) is 0 Å². The van der Waals surface area contributed by atoms with Crippen LogP contribution in [-0.4, -0.2) is 70.7 Å². The van der Waals surface area contributed by atoms with Gasteiger partial charge < -0.3 is 25.1 Å². The van der Waals surface area contributed by atoms with Crippen LogP contribution in [-0.2, 0) is 4.79 Å². The van der Waals surface area contributed by atoms with Gasteiger partial charge in [0.15, 0.2) is 0 Å². The first-order valence-electron chi connectivity index (χ1n) is 5.99. The van der Waals surface area contributed by atoms with Crippen LogP contribution in [0.15, 0.2) is 18.2 Å². The molecule has 0 spiro atoms. The summed E-state index contributed by atoms with van der Waals surface area (Å²) < 4.78 is 0. The predicted molar refractivity (Wildman–Crippen MR) is 71.9 cm³/mol. The number of hydrogen-bond acceptors (Lipinski definition) is 5. The summed E-state index contributed by atoms with van der Waals surface area (Å²) in [6.07, 6.45) is 0. The average Bonchev–Trinajstić information content (AvgIpc) is 2.33. The first kappa shape index (κ1) is 15.8. The molecule has 7 heteroatoms. The second-order valence-corrected chi connectivity index (χ2v) is 4.63. The quantitative estimate of drug-likeness (QED) is 0.688. The van der Waals surface area contributed by atoms with E-state index >= 15 is 0 Å². The van der Waals surface area contributed by atoms with Crippen molar-refractivity contribution in [1.29, 1.82) is 0 Å². The van der Waals surface area contributed by atoms with Gasteiger partial charge in [0.2, 0.25) is 0 Å². The van der Waals surface area contributed by atoms with Crippen molar-refractivity contribution in [1.82, 2.24) is 9.80 Å². The predicted octanol–water partition coefficient (Wildman–Crippen LogP) is 0.186. The highest BCUT2D eigenvalue weighted by atomic mass is 16.4. The average molecular weight is 282 g/mol. The SMILES string of the molecule is CN(C)CCN(CC(=O)O)C(=O)c1ccc(O)cc1O. The first-order valence-corrected chi connectivity index (χ1v) is 5.99. The Balaban J connectivity index is 2.93. The number of rotatable bonds is 6. The number of aromatic hydroxyl groups is 2. The lowest BCUT2D eigenvalue weighted by molar-refractivity contribution is -0.137. The number of carbonyl (C=O) groups is 2. The van der Waals surface area contributed by atoms with E-state index in [1.165, 1.54) is 12.1 Å². The highest BCUT2D eigenvalue weighted by Gasteiger charge is 2.21. The van der Waals surface area contributed by atoms with Gasteiger partial charge in [0.1, 0.15) is 18.0 Å². The second-order valence-electron chi connectivity index (χ2n) is 4.63. The maximum Gasteiger partial charge on any atom is 0.323 e. The summed E-state index contributed by atoms with van der Waals surface area (Å²) >= 11 is 0. The molecule has 0 saturated carbocycles. The number of phenolic OH excluding ortho intramolecular Hbond substituents is 2. The van der Waals surface area contributed by atoms with Gasteiger partial charge in [-0.3, -0.25) is 9.59 Å². The molecule has 0 unspecified atom stereocenters. The minimum absolute atomic E-state index is 0.0391. The molecule has 0 bridgehead atoms. The molecule has 0 aromatic heterocycles. The molecule has 0 radical (unpaired) electrons. The van der Waals surface area contributed by atoms with Crippen molar-refractivity contribution in [3.05, 3.63) is 23.8 Å². The van der Waals surface area contributed by atoms with Crippen LogP contribution in [0.3, 0.4) is 0 Å². The van der Waals surface area contributed by atoms with Crippen LogP contribution in [0.1, 0.15) is 10.4 Å². The van der Waals surface area contributed by atoms with Crippen molar-refractivity contribution in [3.63, 3.8) is 0 Å². The summed E-state index contributed by atoms with van der Waals surface area (Å²) in [5, 5.41) is 27.7. The number of phenols is 2. The van der Waals surface area contributed by atoms with E-state index in [-0.39, 0.29) is 23.6 Å². The molecule has 0 aliphatic carbocycles. The molecule has 0 atom stereocenters. The Hall–Kier alpha value is -2.28. The lowest BCUT2D eigenvalue weighted by atomic mass is 10.1. The molecule has 0 saturated heterocycles. The van der Waals surface area contributed by atoms with Crippen LogP contribution in [0.25, 0.3) is 0 Å². The topological polar surface area (TPSA) is 101 Å². The molecule has 0 aliphatic heterocycles. The second kappa shape index (κ2) is 6.76. The molecule has 20 heavy (non-hydrogen) atoms. The fraction of sp³-hybridized carbons (Fsp3) is 0.385. The summed E-state index contributed by atoms with van der Waals surface area (Å²) in [4.78, 5) is 26.0. The Morgan fingerprint density at radius 3 is 2.30 bits per heavy atom. The third-order valence-electron chi connectivity index (χ3n) is 2.64. The Kier molecular flexibility index (Phi) is 5.33. The van der Waals surface area contributed by atoms with E-state index in [4.69, 9.17) is 5.11 Å². The molecule has 0 heterocycles. The van der Waals surface area contributed by atoms with Crippen molar-refractivity contribution in [2.75, 3.05) is 33.7 Å². The smallest absolute Gasteiger partial charge is 0.323 e. The highest BCUT2D eigenvalue weighted by molar-refractivity contribution is 5.98. The normalized spacial score (nSPS) is 10.6. The number of nitrogens with zero attached hydrogens (tertiary/aromatic N) is 2. The van der Waals surface area contributed by atoms with E-state index < -0.39 is 18.4 Å². The van der Waals surface area contributed by atoms with Crippen LogP contribution < -0.4 is 0 Å². The van der Waals surface area contributed by atoms with Gasteiger partial charge in [-0.05, 0) is 26.2 Å². The molecule has 7 nitrogen and oxygen atoms in total. The zero-order valence-corrected chi connectivity index (χ0v) is 11.4. The van der Waals surface area contributed by atoms with Gasteiger partial charge in [-0.15, -0.1) is 0 Å². The van der Waals surface area contributed by atoms with E-state index in [1.807, 2.05) is 4.90 Å². The third kappa shape index (κ3) is 4.43.